The topological polar surface area (TPSA) is 219 Å². The third kappa shape index (κ3) is 6.27. The van der Waals surface area contributed by atoms with Crippen LogP contribution in [0.5, 0.6) is 0 Å². The van der Waals surface area contributed by atoms with Gasteiger partial charge in [0.1, 0.15) is 6.29 Å². The molecule has 1 rings (SSSR count). The van der Waals surface area contributed by atoms with Crippen LogP contribution in [0.4, 0.5) is 11.6 Å². The van der Waals surface area contributed by atoms with E-state index in [9.17, 15) is 19.2 Å². The van der Waals surface area contributed by atoms with Crippen molar-refractivity contribution in [3.8, 4) is 0 Å². The lowest BCUT2D eigenvalue weighted by Crippen LogP contribution is -2.38. The second-order valence-corrected chi connectivity index (χ2v) is 5.72. The summed E-state index contributed by atoms with van der Waals surface area (Å²) in [5.74, 6) is -4.36. The number of aliphatic hydroxyl groups is 2. The third-order valence-corrected chi connectivity index (χ3v) is 3.56. The highest BCUT2D eigenvalue weighted by Crippen LogP contribution is 2.18. The first kappa shape index (κ1) is 21.9. The number of carbonyl (C=O) groups is 4. The van der Waals surface area contributed by atoms with Crippen LogP contribution < -0.4 is 16.8 Å². The van der Waals surface area contributed by atoms with Crippen molar-refractivity contribution in [1.82, 2.24) is 15.3 Å². The number of ketones is 1. The highest BCUT2D eigenvalue weighted by molar-refractivity contribution is 6.02. The quantitative estimate of drug-likeness (QED) is 0.181. The Morgan fingerprint density at radius 2 is 1.63 bits per heavy atom. The summed E-state index contributed by atoms with van der Waals surface area (Å²) in [5.41, 5.74) is 10.6. The van der Waals surface area contributed by atoms with Gasteiger partial charge in [-0.2, -0.15) is 0 Å². The molecule has 1 heterocycles. The molecule has 0 aliphatic rings. The number of aldehydes is 1. The number of hydrogen-bond donors (Lipinski definition) is 6. The molecule has 0 aromatic carbocycles. The molecular weight excluding hydrogens is 362 g/mol. The van der Waals surface area contributed by atoms with Crippen LogP contribution in [-0.4, -0.2) is 68.5 Å². The van der Waals surface area contributed by atoms with Crippen LogP contribution in [0, 0.1) is 5.92 Å². The Balaban J connectivity index is 2.99. The van der Waals surface area contributed by atoms with E-state index in [0.717, 1.165) is 0 Å². The summed E-state index contributed by atoms with van der Waals surface area (Å²) in [6.07, 6.45) is -0.391. The lowest BCUT2D eigenvalue weighted by atomic mass is 9.98. The molecule has 0 aliphatic carbocycles. The maximum Gasteiger partial charge on any atom is 0.303 e. The number of nitrogens with one attached hydrogen (secondary N) is 1. The van der Waals surface area contributed by atoms with E-state index in [1.807, 2.05) is 0 Å². The van der Waals surface area contributed by atoms with Gasteiger partial charge in [-0.3, -0.25) is 14.4 Å². The number of amides is 1. The second kappa shape index (κ2) is 10.1. The van der Waals surface area contributed by atoms with Crippen LogP contribution >= 0.6 is 0 Å². The van der Waals surface area contributed by atoms with Crippen LogP contribution in [0.1, 0.15) is 40.2 Å². The van der Waals surface area contributed by atoms with Crippen molar-refractivity contribution in [3.63, 3.8) is 0 Å². The molecule has 148 valence electrons. The summed E-state index contributed by atoms with van der Waals surface area (Å²) in [6.45, 7) is -1.02. The van der Waals surface area contributed by atoms with Gasteiger partial charge >= 0.3 is 5.97 Å². The number of carbonyl (C=O) groups excluding carboxylic acids is 3. The van der Waals surface area contributed by atoms with E-state index < -0.39 is 66.6 Å². The van der Waals surface area contributed by atoms with Crippen molar-refractivity contribution in [3.05, 3.63) is 11.4 Å². The number of rotatable bonds is 11. The average Bonchev–Trinajstić information content (AvgIpc) is 2.61. The molecule has 1 aromatic heterocycles. The average molecular weight is 383 g/mol. The van der Waals surface area contributed by atoms with Crippen LogP contribution in [0.2, 0.25) is 0 Å². The molecule has 27 heavy (non-hydrogen) atoms. The molecule has 0 aliphatic heterocycles. The second-order valence-electron chi connectivity index (χ2n) is 5.72. The van der Waals surface area contributed by atoms with E-state index in [1.54, 1.807) is 0 Å². The monoisotopic (exact) mass is 383 g/mol. The molecular formula is C15H21N5O7. The Hall–Kier alpha value is -3.12. The van der Waals surface area contributed by atoms with E-state index in [1.165, 1.54) is 0 Å². The minimum atomic E-state index is -1.18. The summed E-state index contributed by atoms with van der Waals surface area (Å²) >= 11 is 0. The first-order valence-corrected chi connectivity index (χ1v) is 7.87. The van der Waals surface area contributed by atoms with Crippen LogP contribution in [0.3, 0.4) is 0 Å². The zero-order valence-electron chi connectivity index (χ0n) is 14.3. The number of hydrogen-bond acceptors (Lipinski definition) is 10. The van der Waals surface area contributed by atoms with E-state index in [-0.39, 0.29) is 18.5 Å². The molecule has 0 radical (unpaired) electrons. The molecule has 2 atom stereocenters. The number of aromatic nitrogens is 2. The first-order chi connectivity index (χ1) is 12.7. The van der Waals surface area contributed by atoms with Gasteiger partial charge in [-0.1, -0.05) is 0 Å². The van der Waals surface area contributed by atoms with Gasteiger partial charge in [-0.25, -0.2) is 9.97 Å². The lowest BCUT2D eigenvalue weighted by molar-refractivity contribution is -0.138. The molecule has 2 unspecified atom stereocenters. The van der Waals surface area contributed by atoms with Gasteiger partial charge in [0.15, 0.2) is 28.8 Å². The maximum absolute atomic E-state index is 12.2. The van der Waals surface area contributed by atoms with Gasteiger partial charge in [0.2, 0.25) is 0 Å². The van der Waals surface area contributed by atoms with Gasteiger partial charge in [0.25, 0.3) is 5.91 Å². The number of aliphatic hydroxyl groups excluding tert-OH is 2. The SMILES string of the molecule is Nc1nc(C(=O)NC(CO)CC=O)c(N)nc1C(=O)CC(CO)CC(=O)O. The number of anilines is 2. The molecule has 12 heteroatoms. The zero-order valence-corrected chi connectivity index (χ0v) is 14.3. The van der Waals surface area contributed by atoms with Crippen LogP contribution in [-0.2, 0) is 9.59 Å². The molecule has 1 amide bonds. The molecule has 1 aromatic rings. The third-order valence-electron chi connectivity index (χ3n) is 3.56. The Morgan fingerprint density at radius 1 is 1.04 bits per heavy atom. The normalized spacial score (nSPS) is 12.8. The number of Topliss-reactive ketones (excluding diaryl/α,β-unsaturated/α-hetero) is 1. The van der Waals surface area contributed by atoms with Crippen LogP contribution in [0.15, 0.2) is 0 Å². The Labute approximate surface area is 153 Å². The fourth-order valence-corrected chi connectivity index (χ4v) is 2.19. The van der Waals surface area contributed by atoms with E-state index in [2.05, 4.69) is 15.3 Å². The number of carboxylic acids is 1. The first-order valence-electron chi connectivity index (χ1n) is 7.87. The van der Waals surface area contributed by atoms with Gasteiger partial charge in [0, 0.05) is 19.4 Å². The maximum atomic E-state index is 12.2. The molecule has 0 saturated heterocycles. The van der Waals surface area contributed by atoms with E-state index in [4.69, 9.17) is 26.8 Å². The summed E-state index contributed by atoms with van der Waals surface area (Å²) in [4.78, 5) is 53.1. The predicted octanol–water partition coefficient (Wildman–Crippen LogP) is -2.02. The summed E-state index contributed by atoms with van der Waals surface area (Å²) < 4.78 is 0. The standard InChI is InChI=1S/C15H21N5O7/c16-13-11(9(24)3-7(5-22)4-10(25)26)19-14(17)12(20-13)15(27)18-8(6-23)1-2-21/h2,7-8,22-23H,1,3-6H2,(H2,16,20)(H2,17,19)(H,18,27)(H,25,26). The fourth-order valence-electron chi connectivity index (χ4n) is 2.19. The van der Waals surface area contributed by atoms with E-state index in [0.29, 0.717) is 6.29 Å². The Morgan fingerprint density at radius 3 is 2.15 bits per heavy atom. The van der Waals surface area contributed by atoms with Gasteiger partial charge in [-0.15, -0.1) is 0 Å². The summed E-state index contributed by atoms with van der Waals surface area (Å²) in [6, 6.07) is -0.847. The van der Waals surface area contributed by atoms with Crippen molar-refractivity contribution in [1.29, 1.82) is 0 Å². The minimum absolute atomic E-state index is 0.131. The lowest BCUT2D eigenvalue weighted by Gasteiger charge is -2.15. The molecule has 0 saturated carbocycles. The fraction of sp³-hybridized carbons (Fsp3) is 0.467. The minimum Gasteiger partial charge on any atom is -0.481 e. The largest absolute Gasteiger partial charge is 0.481 e. The van der Waals surface area contributed by atoms with Crippen LogP contribution in [0.25, 0.3) is 0 Å². The number of nitrogens with zero attached hydrogens (tertiary/aromatic N) is 2. The number of nitrogens with two attached hydrogens (primary N) is 2. The molecule has 8 N–H and O–H groups in total. The summed E-state index contributed by atoms with van der Waals surface area (Å²) in [5, 5.41) is 29.3. The molecule has 12 nitrogen and oxygen atoms in total. The predicted molar refractivity (Wildman–Crippen MR) is 91.7 cm³/mol. The van der Waals surface area contributed by atoms with Gasteiger partial charge < -0.3 is 36.9 Å². The highest BCUT2D eigenvalue weighted by Gasteiger charge is 2.24. The van der Waals surface area contributed by atoms with Gasteiger partial charge in [0.05, 0.1) is 19.1 Å². The number of carboxylic acid groups (broad SMARTS) is 1. The molecule has 0 fully saturated rings. The zero-order chi connectivity index (χ0) is 20.6. The smallest absolute Gasteiger partial charge is 0.303 e. The van der Waals surface area contributed by atoms with Crippen molar-refractivity contribution in [2.75, 3.05) is 24.7 Å². The van der Waals surface area contributed by atoms with Crippen molar-refractivity contribution < 1.29 is 34.5 Å². The summed E-state index contributed by atoms with van der Waals surface area (Å²) in [7, 11) is 0. The van der Waals surface area contributed by atoms with Crippen molar-refractivity contribution in [2.45, 2.75) is 25.3 Å². The van der Waals surface area contributed by atoms with Crippen molar-refractivity contribution in [2.24, 2.45) is 5.92 Å². The number of aliphatic carboxylic acids is 1. The Bertz CT molecular complexity index is 725. The van der Waals surface area contributed by atoms with Crippen molar-refractivity contribution >= 4 is 35.6 Å². The Kier molecular flexibility index (Phi) is 8.23. The highest BCUT2D eigenvalue weighted by atomic mass is 16.4. The molecule has 0 spiro atoms. The van der Waals surface area contributed by atoms with E-state index >= 15 is 0 Å². The molecule has 0 bridgehead atoms. The van der Waals surface area contributed by atoms with Gasteiger partial charge in [-0.05, 0) is 5.92 Å². The number of nitrogen functional groups attached to an aromatic ring is 2.